The molecule has 0 radical (unpaired) electrons. The average molecular weight is 225 g/mol. The lowest BCUT2D eigenvalue weighted by Gasteiger charge is -2.23. The van der Waals surface area contributed by atoms with Gasteiger partial charge >= 0.3 is 5.97 Å². The van der Waals surface area contributed by atoms with Crippen LogP contribution in [0, 0.1) is 5.92 Å². The predicted octanol–water partition coefficient (Wildman–Crippen LogP) is 1.34. The predicted molar refractivity (Wildman–Crippen MR) is 58.7 cm³/mol. The molecule has 0 aromatic carbocycles. The Morgan fingerprint density at radius 1 is 1.31 bits per heavy atom. The van der Waals surface area contributed by atoms with E-state index >= 15 is 0 Å². The summed E-state index contributed by atoms with van der Waals surface area (Å²) in [6.07, 6.45) is 4.64. The minimum absolute atomic E-state index is 0.137. The highest BCUT2D eigenvalue weighted by atomic mass is 16.5. The first kappa shape index (κ1) is 11.4. The molecule has 1 unspecified atom stereocenters. The number of esters is 1. The van der Waals surface area contributed by atoms with E-state index in [-0.39, 0.29) is 17.9 Å². The van der Waals surface area contributed by atoms with Gasteiger partial charge in [-0.25, -0.2) is 4.79 Å². The van der Waals surface area contributed by atoms with Crippen LogP contribution in [0.25, 0.3) is 0 Å². The van der Waals surface area contributed by atoms with Gasteiger partial charge in [-0.1, -0.05) is 0 Å². The Bertz CT molecular complexity index is 286. The zero-order valence-electron chi connectivity index (χ0n) is 9.78. The minimum Gasteiger partial charge on any atom is -0.464 e. The Kier molecular flexibility index (Phi) is 3.46. The highest BCUT2D eigenvalue weighted by molar-refractivity contribution is 5.85. The summed E-state index contributed by atoms with van der Waals surface area (Å²) in [7, 11) is 0. The second kappa shape index (κ2) is 4.85. The SMILES string of the molecule is CCOC(=O)C1CCCN1C(=O)CC1CC1. The topological polar surface area (TPSA) is 46.6 Å². The standard InChI is InChI=1S/C12H19NO3/c1-2-16-12(15)10-4-3-7-13(10)11(14)8-9-5-6-9/h9-10H,2-8H2,1H3. The number of nitrogens with zero attached hydrogens (tertiary/aromatic N) is 1. The summed E-state index contributed by atoms with van der Waals surface area (Å²) >= 11 is 0. The molecule has 4 nitrogen and oxygen atoms in total. The van der Waals surface area contributed by atoms with Crippen LogP contribution >= 0.6 is 0 Å². The van der Waals surface area contributed by atoms with Crippen LogP contribution in [-0.4, -0.2) is 36.0 Å². The second-order valence-corrected chi connectivity index (χ2v) is 4.64. The Morgan fingerprint density at radius 3 is 2.69 bits per heavy atom. The third-order valence-electron chi connectivity index (χ3n) is 3.29. The van der Waals surface area contributed by atoms with Crippen LogP contribution in [0.4, 0.5) is 0 Å². The first-order chi connectivity index (χ1) is 7.72. The molecule has 1 heterocycles. The Morgan fingerprint density at radius 2 is 2.06 bits per heavy atom. The molecular weight excluding hydrogens is 206 g/mol. The van der Waals surface area contributed by atoms with Gasteiger partial charge in [-0.2, -0.15) is 0 Å². The monoisotopic (exact) mass is 225 g/mol. The summed E-state index contributed by atoms with van der Waals surface area (Å²) < 4.78 is 4.99. The van der Waals surface area contributed by atoms with Crippen molar-refractivity contribution >= 4 is 11.9 Å². The smallest absolute Gasteiger partial charge is 0.328 e. The van der Waals surface area contributed by atoms with Gasteiger partial charge in [0.1, 0.15) is 6.04 Å². The Labute approximate surface area is 95.9 Å². The second-order valence-electron chi connectivity index (χ2n) is 4.64. The van der Waals surface area contributed by atoms with Crippen molar-refractivity contribution in [2.75, 3.05) is 13.2 Å². The van der Waals surface area contributed by atoms with Crippen LogP contribution in [0.3, 0.4) is 0 Å². The maximum absolute atomic E-state index is 11.9. The van der Waals surface area contributed by atoms with E-state index in [2.05, 4.69) is 0 Å². The summed E-state index contributed by atoms with van der Waals surface area (Å²) in [6.45, 7) is 2.90. The number of hydrogen-bond donors (Lipinski definition) is 0. The first-order valence-corrected chi connectivity index (χ1v) is 6.18. The maximum atomic E-state index is 11.9. The molecule has 0 bridgehead atoms. The van der Waals surface area contributed by atoms with Gasteiger partial charge in [0.05, 0.1) is 6.61 Å². The van der Waals surface area contributed by atoms with Crippen molar-refractivity contribution in [2.45, 2.75) is 45.1 Å². The number of carbonyl (C=O) groups is 2. The summed E-state index contributed by atoms with van der Waals surface area (Å²) in [4.78, 5) is 25.3. The molecule has 4 heteroatoms. The summed E-state index contributed by atoms with van der Waals surface area (Å²) in [5.41, 5.74) is 0. The fraction of sp³-hybridized carbons (Fsp3) is 0.833. The van der Waals surface area contributed by atoms with Gasteiger partial charge in [-0.05, 0) is 38.5 Å². The van der Waals surface area contributed by atoms with E-state index in [1.807, 2.05) is 0 Å². The third-order valence-corrected chi connectivity index (χ3v) is 3.29. The number of hydrogen-bond acceptors (Lipinski definition) is 3. The molecule has 0 spiro atoms. The normalized spacial score (nSPS) is 24.6. The van der Waals surface area contributed by atoms with Gasteiger partial charge in [-0.15, -0.1) is 0 Å². The fourth-order valence-electron chi connectivity index (χ4n) is 2.23. The Hall–Kier alpha value is -1.06. The molecule has 1 saturated heterocycles. The highest BCUT2D eigenvalue weighted by Gasteiger charge is 2.37. The van der Waals surface area contributed by atoms with Crippen LogP contribution < -0.4 is 0 Å². The number of rotatable bonds is 4. The van der Waals surface area contributed by atoms with E-state index in [0.29, 0.717) is 18.9 Å². The zero-order valence-corrected chi connectivity index (χ0v) is 9.78. The van der Waals surface area contributed by atoms with Gasteiger partial charge in [0, 0.05) is 13.0 Å². The molecule has 2 rings (SSSR count). The van der Waals surface area contributed by atoms with Gasteiger partial charge in [0.15, 0.2) is 0 Å². The molecule has 90 valence electrons. The van der Waals surface area contributed by atoms with E-state index in [9.17, 15) is 9.59 Å². The molecule has 1 atom stereocenters. The quantitative estimate of drug-likeness (QED) is 0.678. The zero-order chi connectivity index (χ0) is 11.5. The molecule has 1 amide bonds. The van der Waals surface area contributed by atoms with Crippen LogP contribution in [-0.2, 0) is 14.3 Å². The van der Waals surface area contributed by atoms with Crippen LogP contribution in [0.2, 0.25) is 0 Å². The molecule has 0 aromatic heterocycles. The number of ether oxygens (including phenoxy) is 1. The molecule has 1 saturated carbocycles. The minimum atomic E-state index is -0.314. The van der Waals surface area contributed by atoms with E-state index in [0.717, 1.165) is 19.4 Å². The van der Waals surface area contributed by atoms with E-state index in [1.54, 1.807) is 11.8 Å². The molecule has 0 aromatic rings. The maximum Gasteiger partial charge on any atom is 0.328 e. The van der Waals surface area contributed by atoms with E-state index in [1.165, 1.54) is 12.8 Å². The molecule has 2 aliphatic rings. The lowest BCUT2D eigenvalue weighted by atomic mass is 10.2. The lowest BCUT2D eigenvalue weighted by molar-refractivity contribution is -0.153. The van der Waals surface area contributed by atoms with Crippen molar-refractivity contribution in [1.29, 1.82) is 0 Å². The van der Waals surface area contributed by atoms with Crippen LogP contribution in [0.1, 0.15) is 39.0 Å². The fourth-order valence-corrected chi connectivity index (χ4v) is 2.23. The van der Waals surface area contributed by atoms with E-state index < -0.39 is 0 Å². The average Bonchev–Trinajstić information content (AvgIpc) is 2.93. The van der Waals surface area contributed by atoms with Gasteiger partial charge < -0.3 is 9.64 Å². The third kappa shape index (κ3) is 2.54. The summed E-state index contributed by atoms with van der Waals surface area (Å²) in [6, 6.07) is -0.314. The Balaban J connectivity index is 1.90. The lowest BCUT2D eigenvalue weighted by Crippen LogP contribution is -2.41. The molecule has 1 aliphatic heterocycles. The van der Waals surface area contributed by atoms with Crippen LogP contribution in [0.5, 0.6) is 0 Å². The van der Waals surface area contributed by atoms with Crippen molar-refractivity contribution in [1.82, 2.24) is 4.90 Å². The molecule has 0 N–H and O–H groups in total. The van der Waals surface area contributed by atoms with Crippen molar-refractivity contribution < 1.29 is 14.3 Å². The van der Waals surface area contributed by atoms with E-state index in [4.69, 9.17) is 4.74 Å². The number of carbonyl (C=O) groups excluding carboxylic acids is 2. The van der Waals surface area contributed by atoms with Gasteiger partial charge in [0.25, 0.3) is 0 Å². The number of amides is 1. The number of likely N-dealkylation sites (tertiary alicyclic amines) is 1. The van der Waals surface area contributed by atoms with Crippen molar-refractivity contribution in [3.05, 3.63) is 0 Å². The molecular formula is C12H19NO3. The summed E-state index contributed by atoms with van der Waals surface area (Å²) in [5, 5.41) is 0. The first-order valence-electron chi connectivity index (χ1n) is 6.18. The van der Waals surface area contributed by atoms with Gasteiger partial charge in [0.2, 0.25) is 5.91 Å². The van der Waals surface area contributed by atoms with Crippen molar-refractivity contribution in [3.8, 4) is 0 Å². The highest BCUT2D eigenvalue weighted by Crippen LogP contribution is 2.34. The van der Waals surface area contributed by atoms with Crippen LogP contribution in [0.15, 0.2) is 0 Å². The molecule has 1 aliphatic carbocycles. The van der Waals surface area contributed by atoms with Gasteiger partial charge in [-0.3, -0.25) is 4.79 Å². The molecule has 2 fully saturated rings. The molecule has 16 heavy (non-hydrogen) atoms. The summed E-state index contributed by atoms with van der Waals surface area (Å²) in [5.74, 6) is 0.484. The van der Waals surface area contributed by atoms with Crippen molar-refractivity contribution in [3.63, 3.8) is 0 Å². The van der Waals surface area contributed by atoms with Crippen molar-refractivity contribution in [2.24, 2.45) is 5.92 Å². The largest absolute Gasteiger partial charge is 0.464 e.